The second kappa shape index (κ2) is 4.67. The van der Waals surface area contributed by atoms with Gasteiger partial charge in [-0.2, -0.15) is 0 Å². The third kappa shape index (κ3) is 2.21. The molecule has 0 saturated carbocycles. The van der Waals surface area contributed by atoms with E-state index in [9.17, 15) is 13.6 Å². The maximum Gasteiger partial charge on any atom is 0.209 e. The Balaban J connectivity index is 2.47. The Kier molecular flexibility index (Phi) is 3.23. The summed E-state index contributed by atoms with van der Waals surface area (Å²) in [5, 5.41) is 3.76. The summed E-state index contributed by atoms with van der Waals surface area (Å²) in [6.45, 7) is 1.81. The first kappa shape index (κ1) is 11.8. The van der Waals surface area contributed by atoms with Gasteiger partial charge in [0.2, 0.25) is 5.78 Å². The molecule has 1 aromatic heterocycles. The van der Waals surface area contributed by atoms with Crippen molar-refractivity contribution in [3.05, 3.63) is 46.0 Å². The second-order valence-corrected chi connectivity index (χ2v) is 4.11. The fourth-order valence-corrected chi connectivity index (χ4v) is 2.11. The molecule has 0 aliphatic carbocycles. The van der Waals surface area contributed by atoms with E-state index < -0.39 is 17.4 Å². The lowest BCUT2D eigenvalue weighted by molar-refractivity contribution is 0.103. The van der Waals surface area contributed by atoms with Crippen LogP contribution in [0.5, 0.6) is 0 Å². The molecule has 0 radical (unpaired) electrons. The van der Waals surface area contributed by atoms with Crippen LogP contribution in [0.25, 0.3) is 0 Å². The van der Waals surface area contributed by atoms with Gasteiger partial charge < -0.3 is 0 Å². The fraction of sp³-hybridized carbons (Fsp3) is 0.182. The van der Waals surface area contributed by atoms with E-state index in [1.807, 2.05) is 6.92 Å². The van der Waals surface area contributed by atoms with Crippen molar-refractivity contribution in [1.29, 1.82) is 0 Å². The standard InChI is InChI=1S/C11H8F2N2OS/c1-2-9-11(17-15-14-9)10(16)7-5-6(12)3-4-8(7)13/h3-5H,2H2,1H3. The minimum Gasteiger partial charge on any atom is -0.287 e. The van der Waals surface area contributed by atoms with Crippen molar-refractivity contribution < 1.29 is 13.6 Å². The van der Waals surface area contributed by atoms with Gasteiger partial charge in [0.15, 0.2) is 0 Å². The highest BCUT2D eigenvalue weighted by molar-refractivity contribution is 7.08. The number of hydrogen-bond acceptors (Lipinski definition) is 4. The maximum absolute atomic E-state index is 13.4. The molecule has 0 N–H and O–H groups in total. The lowest BCUT2D eigenvalue weighted by atomic mass is 10.1. The second-order valence-electron chi connectivity index (χ2n) is 3.36. The number of halogens is 2. The van der Waals surface area contributed by atoms with E-state index in [4.69, 9.17) is 0 Å². The van der Waals surface area contributed by atoms with Crippen LogP contribution < -0.4 is 0 Å². The van der Waals surface area contributed by atoms with Gasteiger partial charge in [0.05, 0.1) is 11.3 Å². The fourth-order valence-electron chi connectivity index (χ4n) is 1.41. The number of benzene rings is 1. The summed E-state index contributed by atoms with van der Waals surface area (Å²) in [4.78, 5) is 12.2. The van der Waals surface area contributed by atoms with Crippen LogP contribution in [0.3, 0.4) is 0 Å². The topological polar surface area (TPSA) is 42.9 Å². The van der Waals surface area contributed by atoms with Crippen LogP contribution in [0.15, 0.2) is 18.2 Å². The molecule has 0 aliphatic rings. The monoisotopic (exact) mass is 254 g/mol. The van der Waals surface area contributed by atoms with Crippen molar-refractivity contribution in [3.63, 3.8) is 0 Å². The normalized spacial score (nSPS) is 10.5. The molecule has 0 bridgehead atoms. The number of nitrogens with zero attached hydrogens (tertiary/aromatic N) is 2. The molecule has 88 valence electrons. The number of ketones is 1. The summed E-state index contributed by atoms with van der Waals surface area (Å²) in [7, 11) is 0. The largest absolute Gasteiger partial charge is 0.287 e. The van der Waals surface area contributed by atoms with Crippen LogP contribution in [-0.4, -0.2) is 15.4 Å². The smallest absolute Gasteiger partial charge is 0.209 e. The number of rotatable bonds is 3. The van der Waals surface area contributed by atoms with Crippen LogP contribution in [0.2, 0.25) is 0 Å². The van der Waals surface area contributed by atoms with Crippen molar-refractivity contribution in [2.24, 2.45) is 0 Å². The first-order valence-electron chi connectivity index (χ1n) is 4.94. The highest BCUT2D eigenvalue weighted by atomic mass is 32.1. The number of carbonyl (C=O) groups is 1. The summed E-state index contributed by atoms with van der Waals surface area (Å²) in [5.74, 6) is -1.97. The van der Waals surface area contributed by atoms with Crippen LogP contribution in [0.1, 0.15) is 27.9 Å². The van der Waals surface area contributed by atoms with Gasteiger partial charge in [-0.1, -0.05) is 11.4 Å². The quantitative estimate of drug-likeness (QED) is 0.791. The third-order valence-corrected chi connectivity index (χ3v) is 3.04. The summed E-state index contributed by atoms with van der Waals surface area (Å²) >= 11 is 0.892. The Bertz CT molecular complexity index is 568. The Hall–Kier alpha value is -1.69. The summed E-state index contributed by atoms with van der Waals surface area (Å²) in [6, 6.07) is 2.79. The van der Waals surface area contributed by atoms with E-state index in [1.165, 1.54) is 0 Å². The molecule has 0 amide bonds. The summed E-state index contributed by atoms with van der Waals surface area (Å²) in [6.07, 6.45) is 0.522. The Morgan fingerprint density at radius 1 is 1.41 bits per heavy atom. The van der Waals surface area contributed by atoms with Gasteiger partial charge in [0.1, 0.15) is 16.5 Å². The first-order chi connectivity index (χ1) is 8.13. The van der Waals surface area contributed by atoms with E-state index >= 15 is 0 Å². The Morgan fingerprint density at radius 2 is 2.18 bits per heavy atom. The van der Waals surface area contributed by atoms with Gasteiger partial charge in [-0.15, -0.1) is 5.10 Å². The van der Waals surface area contributed by atoms with E-state index in [-0.39, 0.29) is 10.4 Å². The highest BCUT2D eigenvalue weighted by Crippen LogP contribution is 2.19. The van der Waals surface area contributed by atoms with E-state index in [0.717, 1.165) is 29.7 Å². The lowest BCUT2D eigenvalue weighted by Gasteiger charge is -2.01. The van der Waals surface area contributed by atoms with Crippen molar-refractivity contribution >= 4 is 17.3 Å². The summed E-state index contributed by atoms with van der Waals surface area (Å²) < 4.78 is 30.1. The van der Waals surface area contributed by atoms with Crippen molar-refractivity contribution in [3.8, 4) is 0 Å². The number of carbonyl (C=O) groups excluding carboxylic acids is 1. The molecule has 2 aromatic rings. The average molecular weight is 254 g/mol. The zero-order valence-electron chi connectivity index (χ0n) is 8.91. The van der Waals surface area contributed by atoms with E-state index in [1.54, 1.807) is 0 Å². The van der Waals surface area contributed by atoms with Crippen LogP contribution >= 0.6 is 11.5 Å². The van der Waals surface area contributed by atoms with Crippen LogP contribution in [-0.2, 0) is 6.42 Å². The SMILES string of the molecule is CCc1nnsc1C(=O)c1cc(F)ccc1F. The minimum atomic E-state index is -0.744. The summed E-state index contributed by atoms with van der Waals surface area (Å²) in [5.41, 5.74) is 0.217. The molecule has 0 spiro atoms. The molecule has 0 atom stereocenters. The van der Waals surface area contributed by atoms with Gasteiger partial charge >= 0.3 is 0 Å². The molecule has 0 saturated heterocycles. The Morgan fingerprint density at radius 3 is 2.88 bits per heavy atom. The van der Waals surface area contributed by atoms with Gasteiger partial charge in [0, 0.05) is 0 Å². The first-order valence-corrected chi connectivity index (χ1v) is 5.71. The predicted molar refractivity (Wildman–Crippen MR) is 59.1 cm³/mol. The average Bonchev–Trinajstić information content (AvgIpc) is 2.79. The minimum absolute atomic E-state index is 0.261. The van der Waals surface area contributed by atoms with Crippen LogP contribution in [0.4, 0.5) is 8.78 Å². The van der Waals surface area contributed by atoms with Crippen molar-refractivity contribution in [2.45, 2.75) is 13.3 Å². The highest BCUT2D eigenvalue weighted by Gasteiger charge is 2.20. The molecule has 1 heterocycles. The van der Waals surface area contributed by atoms with Gasteiger partial charge in [0.25, 0.3) is 0 Å². The lowest BCUT2D eigenvalue weighted by Crippen LogP contribution is -2.05. The molecular weight excluding hydrogens is 246 g/mol. The van der Waals surface area contributed by atoms with Crippen LogP contribution in [0, 0.1) is 11.6 Å². The molecule has 0 unspecified atom stereocenters. The van der Waals surface area contributed by atoms with Gasteiger partial charge in [-0.3, -0.25) is 4.79 Å². The molecule has 3 nitrogen and oxygen atoms in total. The van der Waals surface area contributed by atoms with Gasteiger partial charge in [-0.05, 0) is 36.2 Å². The van der Waals surface area contributed by atoms with E-state index in [2.05, 4.69) is 9.59 Å². The molecule has 0 fully saturated rings. The number of hydrogen-bond donors (Lipinski definition) is 0. The molecule has 1 aromatic carbocycles. The van der Waals surface area contributed by atoms with Crippen molar-refractivity contribution in [1.82, 2.24) is 9.59 Å². The zero-order valence-corrected chi connectivity index (χ0v) is 9.72. The number of aryl methyl sites for hydroxylation is 1. The maximum atomic E-state index is 13.4. The number of aromatic nitrogens is 2. The predicted octanol–water partition coefficient (Wildman–Crippen LogP) is 2.61. The molecule has 17 heavy (non-hydrogen) atoms. The Labute approximate surface area is 100 Å². The molecule has 2 rings (SSSR count). The molecule has 0 aliphatic heterocycles. The van der Waals surface area contributed by atoms with E-state index in [0.29, 0.717) is 12.1 Å². The molecule has 6 heteroatoms. The van der Waals surface area contributed by atoms with Gasteiger partial charge in [-0.25, -0.2) is 8.78 Å². The third-order valence-electron chi connectivity index (χ3n) is 2.27. The molecular formula is C11H8F2N2OS. The zero-order chi connectivity index (χ0) is 12.4. The van der Waals surface area contributed by atoms with Crippen molar-refractivity contribution in [2.75, 3.05) is 0 Å².